The Morgan fingerprint density at radius 3 is 2.80 bits per heavy atom. The van der Waals surface area contributed by atoms with Gasteiger partial charge in [0.05, 0.1) is 12.5 Å². The SMILES string of the molecule is CCCC(C(=O)OCC)C1=CC(=O)OC1. The molecule has 0 aromatic rings. The molecule has 0 saturated heterocycles. The summed E-state index contributed by atoms with van der Waals surface area (Å²) in [5.41, 5.74) is 0.736. The van der Waals surface area contributed by atoms with E-state index in [4.69, 9.17) is 9.47 Å². The second-order valence-electron chi connectivity index (χ2n) is 3.42. The highest BCUT2D eigenvalue weighted by atomic mass is 16.5. The number of carbonyl (C=O) groups excluding carboxylic acids is 2. The fourth-order valence-electron chi connectivity index (χ4n) is 1.58. The Kier molecular flexibility index (Phi) is 4.34. The molecule has 0 aliphatic carbocycles. The van der Waals surface area contributed by atoms with E-state index in [-0.39, 0.29) is 24.5 Å². The van der Waals surface area contributed by atoms with Crippen molar-refractivity contribution < 1.29 is 19.1 Å². The predicted octanol–water partition coefficient (Wildman–Crippen LogP) is 1.45. The van der Waals surface area contributed by atoms with Crippen molar-refractivity contribution in [3.05, 3.63) is 11.6 Å². The highest BCUT2D eigenvalue weighted by Gasteiger charge is 2.28. The molecular weight excluding hydrogens is 196 g/mol. The second-order valence-corrected chi connectivity index (χ2v) is 3.42. The predicted molar refractivity (Wildman–Crippen MR) is 54.1 cm³/mol. The van der Waals surface area contributed by atoms with Crippen molar-refractivity contribution in [3.8, 4) is 0 Å². The van der Waals surface area contributed by atoms with Crippen molar-refractivity contribution >= 4 is 11.9 Å². The Labute approximate surface area is 89.2 Å². The summed E-state index contributed by atoms with van der Waals surface area (Å²) in [6, 6.07) is 0. The van der Waals surface area contributed by atoms with Gasteiger partial charge in [-0.2, -0.15) is 0 Å². The number of esters is 2. The van der Waals surface area contributed by atoms with Crippen molar-refractivity contribution in [2.45, 2.75) is 26.7 Å². The lowest BCUT2D eigenvalue weighted by atomic mass is 9.95. The van der Waals surface area contributed by atoms with Crippen LogP contribution in [0, 0.1) is 5.92 Å². The molecule has 0 aromatic heterocycles. The fourth-order valence-corrected chi connectivity index (χ4v) is 1.58. The highest BCUT2D eigenvalue weighted by molar-refractivity contribution is 5.88. The van der Waals surface area contributed by atoms with Crippen molar-refractivity contribution in [1.82, 2.24) is 0 Å². The van der Waals surface area contributed by atoms with Crippen molar-refractivity contribution in [1.29, 1.82) is 0 Å². The van der Waals surface area contributed by atoms with Gasteiger partial charge in [0.2, 0.25) is 0 Å². The molecule has 0 saturated carbocycles. The molecule has 1 rings (SSSR count). The van der Waals surface area contributed by atoms with Gasteiger partial charge < -0.3 is 9.47 Å². The molecule has 1 heterocycles. The molecule has 1 aliphatic heterocycles. The lowest BCUT2D eigenvalue weighted by molar-refractivity contribution is -0.147. The third-order valence-electron chi connectivity index (χ3n) is 2.28. The summed E-state index contributed by atoms with van der Waals surface area (Å²) in [4.78, 5) is 22.5. The Morgan fingerprint density at radius 2 is 2.33 bits per heavy atom. The summed E-state index contributed by atoms with van der Waals surface area (Å²) in [6.07, 6.45) is 2.97. The minimum Gasteiger partial charge on any atom is -0.466 e. The van der Waals surface area contributed by atoms with Gasteiger partial charge in [-0.1, -0.05) is 13.3 Å². The van der Waals surface area contributed by atoms with Gasteiger partial charge in [0.25, 0.3) is 0 Å². The topological polar surface area (TPSA) is 52.6 Å². The first-order valence-electron chi connectivity index (χ1n) is 5.22. The van der Waals surface area contributed by atoms with Crippen LogP contribution in [-0.4, -0.2) is 25.2 Å². The van der Waals surface area contributed by atoms with Crippen LogP contribution in [0.3, 0.4) is 0 Å². The lowest BCUT2D eigenvalue weighted by Crippen LogP contribution is -2.20. The number of rotatable bonds is 5. The van der Waals surface area contributed by atoms with Gasteiger partial charge in [0.15, 0.2) is 0 Å². The van der Waals surface area contributed by atoms with E-state index in [0.717, 1.165) is 12.0 Å². The summed E-state index contributed by atoms with van der Waals surface area (Å²) in [6.45, 7) is 4.35. The summed E-state index contributed by atoms with van der Waals surface area (Å²) in [7, 11) is 0. The first-order valence-corrected chi connectivity index (χ1v) is 5.22. The molecule has 0 fully saturated rings. The van der Waals surface area contributed by atoms with E-state index in [0.29, 0.717) is 13.0 Å². The molecular formula is C11H16O4. The van der Waals surface area contributed by atoms with Crippen molar-refractivity contribution in [2.75, 3.05) is 13.2 Å². The number of hydrogen-bond donors (Lipinski definition) is 0. The maximum atomic E-state index is 11.6. The van der Waals surface area contributed by atoms with E-state index in [1.807, 2.05) is 6.92 Å². The second kappa shape index (κ2) is 5.53. The molecule has 0 radical (unpaired) electrons. The first kappa shape index (κ1) is 11.8. The zero-order valence-electron chi connectivity index (χ0n) is 9.12. The van der Waals surface area contributed by atoms with Crippen LogP contribution < -0.4 is 0 Å². The minimum atomic E-state index is -0.365. The molecule has 15 heavy (non-hydrogen) atoms. The first-order chi connectivity index (χ1) is 7.19. The number of carbonyl (C=O) groups is 2. The van der Waals surface area contributed by atoms with Gasteiger partial charge in [-0.15, -0.1) is 0 Å². The van der Waals surface area contributed by atoms with E-state index in [9.17, 15) is 9.59 Å². The van der Waals surface area contributed by atoms with E-state index in [2.05, 4.69) is 0 Å². The average Bonchev–Trinajstić information content (AvgIpc) is 2.61. The molecule has 0 N–H and O–H groups in total. The standard InChI is InChI=1S/C11H16O4/c1-3-5-9(11(13)14-4-2)8-6-10(12)15-7-8/h6,9H,3-5,7H2,1-2H3. The van der Waals surface area contributed by atoms with Crippen LogP contribution in [0.25, 0.3) is 0 Å². The van der Waals surface area contributed by atoms with Crippen LogP contribution in [0.4, 0.5) is 0 Å². The van der Waals surface area contributed by atoms with Gasteiger partial charge >= 0.3 is 11.9 Å². The fraction of sp³-hybridized carbons (Fsp3) is 0.636. The minimum absolute atomic E-state index is 0.225. The Hall–Kier alpha value is -1.32. The van der Waals surface area contributed by atoms with Gasteiger partial charge in [-0.05, 0) is 18.9 Å². The van der Waals surface area contributed by atoms with E-state index >= 15 is 0 Å². The smallest absolute Gasteiger partial charge is 0.331 e. The third kappa shape index (κ3) is 3.08. The molecule has 0 aromatic carbocycles. The normalized spacial score (nSPS) is 16.9. The van der Waals surface area contributed by atoms with Crippen LogP contribution in [-0.2, 0) is 19.1 Å². The molecule has 4 nitrogen and oxygen atoms in total. The lowest BCUT2D eigenvalue weighted by Gasteiger charge is -2.14. The summed E-state index contributed by atoms with van der Waals surface area (Å²) in [5.74, 6) is -0.944. The number of ether oxygens (including phenoxy) is 2. The molecule has 0 spiro atoms. The molecule has 0 amide bonds. The zero-order valence-corrected chi connectivity index (χ0v) is 9.12. The monoisotopic (exact) mass is 212 g/mol. The third-order valence-corrected chi connectivity index (χ3v) is 2.28. The molecule has 84 valence electrons. The molecule has 1 unspecified atom stereocenters. The van der Waals surface area contributed by atoms with Gasteiger partial charge in [-0.25, -0.2) is 4.79 Å². The van der Waals surface area contributed by atoms with Crippen LogP contribution >= 0.6 is 0 Å². The summed E-state index contributed by atoms with van der Waals surface area (Å²) < 4.78 is 9.74. The van der Waals surface area contributed by atoms with Crippen molar-refractivity contribution in [2.24, 2.45) is 5.92 Å². The van der Waals surface area contributed by atoms with Gasteiger partial charge in [-0.3, -0.25) is 4.79 Å². The van der Waals surface area contributed by atoms with Crippen LogP contribution in [0.15, 0.2) is 11.6 Å². The average molecular weight is 212 g/mol. The quantitative estimate of drug-likeness (QED) is 0.647. The Morgan fingerprint density at radius 1 is 1.60 bits per heavy atom. The molecule has 1 aliphatic rings. The molecule has 4 heteroatoms. The molecule has 0 bridgehead atoms. The van der Waals surface area contributed by atoms with Crippen LogP contribution in [0.1, 0.15) is 26.7 Å². The summed E-state index contributed by atoms with van der Waals surface area (Å²) >= 11 is 0. The zero-order chi connectivity index (χ0) is 11.3. The van der Waals surface area contributed by atoms with E-state index in [1.165, 1.54) is 6.08 Å². The highest BCUT2D eigenvalue weighted by Crippen LogP contribution is 2.22. The van der Waals surface area contributed by atoms with E-state index in [1.54, 1.807) is 6.92 Å². The van der Waals surface area contributed by atoms with E-state index < -0.39 is 0 Å². The van der Waals surface area contributed by atoms with Crippen LogP contribution in [0.5, 0.6) is 0 Å². The van der Waals surface area contributed by atoms with Crippen LogP contribution in [0.2, 0.25) is 0 Å². The molecule has 1 atom stereocenters. The van der Waals surface area contributed by atoms with Gasteiger partial charge in [0.1, 0.15) is 6.61 Å². The number of cyclic esters (lactones) is 1. The number of hydrogen-bond acceptors (Lipinski definition) is 4. The largest absolute Gasteiger partial charge is 0.466 e. The Balaban J connectivity index is 2.69. The maximum absolute atomic E-state index is 11.6. The van der Waals surface area contributed by atoms with Gasteiger partial charge in [0, 0.05) is 6.08 Å². The summed E-state index contributed by atoms with van der Waals surface area (Å²) in [5, 5.41) is 0. The maximum Gasteiger partial charge on any atom is 0.331 e. The van der Waals surface area contributed by atoms with Crippen molar-refractivity contribution in [3.63, 3.8) is 0 Å². The Bertz CT molecular complexity index is 280.